The topological polar surface area (TPSA) is 46.5 Å². The third kappa shape index (κ3) is 4.95. The van der Waals surface area contributed by atoms with Crippen LogP contribution in [0, 0.1) is 13.8 Å². The van der Waals surface area contributed by atoms with Gasteiger partial charge in [0.05, 0.1) is 0 Å². The Morgan fingerprint density at radius 3 is 1.79 bits per heavy atom. The van der Waals surface area contributed by atoms with E-state index in [4.69, 9.17) is 4.74 Å². The first-order chi connectivity index (χ1) is 12.7. The van der Waals surface area contributed by atoms with Crippen molar-refractivity contribution >= 4 is 5.97 Å². The molecule has 0 amide bonds. The Hall–Kier alpha value is -2.29. The number of rotatable bonds is 3. The van der Waals surface area contributed by atoms with Crippen LogP contribution >= 0.6 is 0 Å². The molecular formula is C25H34O3. The highest BCUT2D eigenvalue weighted by molar-refractivity contribution is 5.70. The number of aromatic hydroxyl groups is 1. The molecule has 2 rings (SSSR count). The Morgan fingerprint density at radius 2 is 1.32 bits per heavy atom. The molecule has 2 aromatic carbocycles. The number of carbonyl (C=O) groups is 1. The van der Waals surface area contributed by atoms with E-state index in [0.29, 0.717) is 17.9 Å². The summed E-state index contributed by atoms with van der Waals surface area (Å²) in [5.41, 5.74) is 5.92. The molecule has 3 nitrogen and oxygen atoms in total. The third-order valence-electron chi connectivity index (χ3n) is 4.95. The van der Waals surface area contributed by atoms with Crippen LogP contribution in [0.3, 0.4) is 0 Å². The number of aryl methyl sites for hydroxylation is 2. The van der Waals surface area contributed by atoms with Crippen molar-refractivity contribution in [2.24, 2.45) is 0 Å². The number of hydrogen-bond acceptors (Lipinski definition) is 3. The first-order valence-corrected chi connectivity index (χ1v) is 9.85. The predicted molar refractivity (Wildman–Crippen MR) is 116 cm³/mol. The highest BCUT2D eigenvalue weighted by atomic mass is 16.5. The van der Waals surface area contributed by atoms with Gasteiger partial charge in [0, 0.05) is 24.5 Å². The second-order valence-electron chi connectivity index (χ2n) is 9.87. The molecule has 0 heterocycles. The Labute approximate surface area is 169 Å². The number of ether oxygens (including phenoxy) is 1. The molecule has 0 saturated carbocycles. The van der Waals surface area contributed by atoms with Crippen LogP contribution in [0.4, 0.5) is 0 Å². The molecule has 0 bridgehead atoms. The summed E-state index contributed by atoms with van der Waals surface area (Å²) in [6.45, 7) is 18.3. The van der Waals surface area contributed by atoms with E-state index in [0.717, 1.165) is 33.4 Å². The van der Waals surface area contributed by atoms with Crippen molar-refractivity contribution in [2.75, 3.05) is 0 Å². The summed E-state index contributed by atoms with van der Waals surface area (Å²) in [7, 11) is 0. The van der Waals surface area contributed by atoms with Gasteiger partial charge in [0.2, 0.25) is 0 Å². The number of esters is 1. The van der Waals surface area contributed by atoms with Crippen molar-refractivity contribution in [1.82, 2.24) is 0 Å². The third-order valence-corrected chi connectivity index (χ3v) is 4.95. The Kier molecular flexibility index (Phi) is 5.98. The van der Waals surface area contributed by atoms with Gasteiger partial charge in [0.1, 0.15) is 11.5 Å². The van der Waals surface area contributed by atoms with Crippen LogP contribution in [0.15, 0.2) is 24.3 Å². The molecule has 3 heteroatoms. The largest absolute Gasteiger partial charge is 0.508 e. The molecule has 0 saturated heterocycles. The molecule has 152 valence electrons. The molecule has 0 radical (unpaired) electrons. The van der Waals surface area contributed by atoms with Crippen LogP contribution in [-0.2, 0) is 22.0 Å². The molecule has 28 heavy (non-hydrogen) atoms. The first-order valence-electron chi connectivity index (χ1n) is 9.85. The van der Waals surface area contributed by atoms with E-state index in [2.05, 4.69) is 53.7 Å². The summed E-state index contributed by atoms with van der Waals surface area (Å²) in [5.74, 6) is 0.535. The fourth-order valence-electron chi connectivity index (χ4n) is 3.71. The van der Waals surface area contributed by atoms with Crippen molar-refractivity contribution < 1.29 is 14.6 Å². The fourth-order valence-corrected chi connectivity index (χ4v) is 3.71. The van der Waals surface area contributed by atoms with E-state index in [-0.39, 0.29) is 16.8 Å². The molecule has 0 spiro atoms. The van der Waals surface area contributed by atoms with Crippen molar-refractivity contribution in [2.45, 2.75) is 79.6 Å². The van der Waals surface area contributed by atoms with Gasteiger partial charge in [-0.25, -0.2) is 0 Å². The SMILES string of the molecule is CC(=O)Oc1cc(C)cc(C(C)(C)C)c1Cc1c(O)cc(C)cc1C(C)(C)C. The van der Waals surface area contributed by atoms with Gasteiger partial charge in [0.25, 0.3) is 0 Å². The number of hydrogen-bond donors (Lipinski definition) is 1. The van der Waals surface area contributed by atoms with Crippen LogP contribution in [0.1, 0.15) is 81.8 Å². The lowest BCUT2D eigenvalue weighted by molar-refractivity contribution is -0.131. The van der Waals surface area contributed by atoms with Gasteiger partial charge in [-0.15, -0.1) is 0 Å². The summed E-state index contributed by atoms with van der Waals surface area (Å²) in [5, 5.41) is 10.8. The van der Waals surface area contributed by atoms with Gasteiger partial charge in [0.15, 0.2) is 0 Å². The second-order valence-corrected chi connectivity index (χ2v) is 9.87. The average molecular weight is 383 g/mol. The monoisotopic (exact) mass is 382 g/mol. The lowest BCUT2D eigenvalue weighted by Crippen LogP contribution is -2.19. The average Bonchev–Trinajstić information content (AvgIpc) is 2.48. The highest BCUT2D eigenvalue weighted by Crippen LogP contribution is 2.40. The van der Waals surface area contributed by atoms with Gasteiger partial charge < -0.3 is 9.84 Å². The van der Waals surface area contributed by atoms with Gasteiger partial charge in [-0.05, 0) is 59.1 Å². The zero-order chi connectivity index (χ0) is 21.4. The first kappa shape index (κ1) is 22.0. The molecule has 0 aliphatic carbocycles. The summed E-state index contributed by atoms with van der Waals surface area (Å²) < 4.78 is 5.60. The Balaban J connectivity index is 2.78. The maximum Gasteiger partial charge on any atom is 0.308 e. The summed E-state index contributed by atoms with van der Waals surface area (Å²) in [6, 6.07) is 8.02. The zero-order valence-electron chi connectivity index (χ0n) is 18.8. The van der Waals surface area contributed by atoms with Crippen LogP contribution in [0.25, 0.3) is 0 Å². The number of benzene rings is 2. The van der Waals surface area contributed by atoms with Gasteiger partial charge in [-0.3, -0.25) is 4.79 Å². The molecule has 2 aromatic rings. The predicted octanol–water partition coefficient (Wildman–Crippen LogP) is 6.12. The maximum atomic E-state index is 11.8. The second kappa shape index (κ2) is 7.62. The van der Waals surface area contributed by atoms with E-state index < -0.39 is 0 Å². The summed E-state index contributed by atoms with van der Waals surface area (Å²) >= 11 is 0. The minimum atomic E-state index is -0.337. The van der Waals surface area contributed by atoms with Crippen LogP contribution < -0.4 is 4.74 Å². The van der Waals surface area contributed by atoms with Crippen molar-refractivity contribution in [3.8, 4) is 11.5 Å². The molecule has 0 aliphatic heterocycles. The number of phenolic OH excluding ortho intramolecular Hbond substituents is 1. The van der Waals surface area contributed by atoms with Crippen LogP contribution in [0.5, 0.6) is 11.5 Å². The quantitative estimate of drug-likeness (QED) is 0.514. The van der Waals surface area contributed by atoms with E-state index in [1.807, 2.05) is 19.9 Å². The van der Waals surface area contributed by atoms with E-state index in [1.165, 1.54) is 6.92 Å². The standard InChI is InChI=1S/C25H34O3/c1-15-10-20(24(4,5)6)18(22(27)12-15)14-19-21(25(7,8)9)11-16(2)13-23(19)28-17(3)26/h10-13,27H,14H2,1-9H3. The smallest absolute Gasteiger partial charge is 0.308 e. The molecule has 0 aromatic heterocycles. The van der Waals surface area contributed by atoms with Crippen molar-refractivity contribution in [3.63, 3.8) is 0 Å². The number of phenols is 1. The lowest BCUT2D eigenvalue weighted by atomic mass is 9.77. The van der Waals surface area contributed by atoms with Crippen molar-refractivity contribution in [1.29, 1.82) is 0 Å². The van der Waals surface area contributed by atoms with Crippen molar-refractivity contribution in [3.05, 3.63) is 57.6 Å². The van der Waals surface area contributed by atoms with Gasteiger partial charge in [-0.2, -0.15) is 0 Å². The Bertz CT molecular complexity index is 893. The fraction of sp³-hybridized carbons (Fsp3) is 0.480. The van der Waals surface area contributed by atoms with E-state index in [9.17, 15) is 9.90 Å². The molecule has 0 atom stereocenters. The zero-order valence-corrected chi connectivity index (χ0v) is 18.8. The lowest BCUT2D eigenvalue weighted by Gasteiger charge is -2.28. The molecule has 0 aliphatic rings. The molecule has 0 unspecified atom stereocenters. The maximum absolute atomic E-state index is 11.8. The summed E-state index contributed by atoms with van der Waals surface area (Å²) in [4.78, 5) is 11.8. The van der Waals surface area contributed by atoms with Crippen LogP contribution in [-0.4, -0.2) is 11.1 Å². The van der Waals surface area contributed by atoms with Crippen LogP contribution in [0.2, 0.25) is 0 Å². The minimum absolute atomic E-state index is 0.118. The molecule has 0 fully saturated rings. The normalized spacial score (nSPS) is 12.2. The summed E-state index contributed by atoms with van der Waals surface area (Å²) in [6.07, 6.45) is 0.508. The van der Waals surface area contributed by atoms with Gasteiger partial charge >= 0.3 is 5.97 Å². The highest BCUT2D eigenvalue weighted by Gasteiger charge is 2.26. The van der Waals surface area contributed by atoms with E-state index >= 15 is 0 Å². The van der Waals surface area contributed by atoms with E-state index in [1.54, 1.807) is 6.07 Å². The van der Waals surface area contributed by atoms with Gasteiger partial charge in [-0.1, -0.05) is 53.7 Å². The Morgan fingerprint density at radius 1 is 0.857 bits per heavy atom. The minimum Gasteiger partial charge on any atom is -0.508 e. The molecular weight excluding hydrogens is 348 g/mol. The number of carbonyl (C=O) groups excluding carboxylic acids is 1. The molecule has 1 N–H and O–H groups in total.